The molecule has 0 spiro atoms. The molecule has 1 amide bonds. The van der Waals surface area contributed by atoms with Gasteiger partial charge in [-0.1, -0.05) is 52.3 Å². The topological polar surface area (TPSA) is 38.8 Å². The summed E-state index contributed by atoms with van der Waals surface area (Å²) in [6, 6.07) is 21.2. The standard InChI is InChI=1S/C26H26BrNO3/c1-26(2)15-14-18-12-13-20(23(30-3)24(18)31-26)17-28(22-11-7-10-21(27)16-22)25(29)19-8-5-4-6-9-19/h4-13,16H,14-15,17H2,1-3H3. The van der Waals surface area contributed by atoms with Crippen LogP contribution >= 0.6 is 15.9 Å². The fourth-order valence-corrected chi connectivity index (χ4v) is 4.28. The molecule has 3 aromatic rings. The minimum atomic E-state index is -0.247. The van der Waals surface area contributed by atoms with Crippen LogP contribution in [0.1, 0.15) is 41.8 Å². The van der Waals surface area contributed by atoms with Crippen molar-refractivity contribution in [1.82, 2.24) is 0 Å². The van der Waals surface area contributed by atoms with Gasteiger partial charge in [-0.2, -0.15) is 0 Å². The van der Waals surface area contributed by atoms with Gasteiger partial charge in [-0.25, -0.2) is 0 Å². The Kier molecular flexibility index (Phi) is 6.05. The van der Waals surface area contributed by atoms with E-state index in [1.165, 1.54) is 0 Å². The second-order valence-corrected chi connectivity index (χ2v) is 9.26. The highest BCUT2D eigenvalue weighted by atomic mass is 79.9. The highest BCUT2D eigenvalue weighted by Crippen LogP contribution is 2.43. The lowest BCUT2D eigenvalue weighted by molar-refractivity contribution is 0.0801. The molecule has 31 heavy (non-hydrogen) atoms. The van der Waals surface area contributed by atoms with E-state index in [2.05, 4.69) is 35.8 Å². The van der Waals surface area contributed by atoms with E-state index in [1.54, 1.807) is 12.0 Å². The molecule has 1 aliphatic heterocycles. The molecule has 1 aliphatic rings. The van der Waals surface area contributed by atoms with Crippen molar-refractivity contribution in [2.24, 2.45) is 0 Å². The fourth-order valence-electron chi connectivity index (χ4n) is 3.90. The third-order valence-electron chi connectivity index (χ3n) is 5.57. The van der Waals surface area contributed by atoms with Crippen LogP contribution in [-0.4, -0.2) is 18.6 Å². The molecule has 4 nitrogen and oxygen atoms in total. The van der Waals surface area contributed by atoms with E-state index in [0.717, 1.165) is 39.9 Å². The monoisotopic (exact) mass is 479 g/mol. The zero-order valence-electron chi connectivity index (χ0n) is 18.0. The van der Waals surface area contributed by atoms with Crippen molar-refractivity contribution in [1.29, 1.82) is 0 Å². The zero-order valence-corrected chi connectivity index (χ0v) is 19.6. The van der Waals surface area contributed by atoms with Crippen LogP contribution in [0, 0.1) is 0 Å². The number of amides is 1. The van der Waals surface area contributed by atoms with Crippen LogP contribution in [0.25, 0.3) is 0 Å². The van der Waals surface area contributed by atoms with Crippen LogP contribution in [0.2, 0.25) is 0 Å². The number of aryl methyl sites for hydroxylation is 1. The quantitative estimate of drug-likeness (QED) is 0.424. The Bertz CT molecular complexity index is 1100. The summed E-state index contributed by atoms with van der Waals surface area (Å²) in [6.07, 6.45) is 1.90. The number of nitrogens with zero attached hydrogens (tertiary/aromatic N) is 1. The number of rotatable bonds is 5. The van der Waals surface area contributed by atoms with Gasteiger partial charge < -0.3 is 14.4 Å². The van der Waals surface area contributed by atoms with Crippen molar-refractivity contribution in [2.45, 2.75) is 38.8 Å². The summed E-state index contributed by atoms with van der Waals surface area (Å²) < 4.78 is 13.0. The molecule has 0 aliphatic carbocycles. The summed E-state index contributed by atoms with van der Waals surface area (Å²) in [5.74, 6) is 1.42. The van der Waals surface area contributed by atoms with Gasteiger partial charge in [0.2, 0.25) is 0 Å². The lowest BCUT2D eigenvalue weighted by Gasteiger charge is -2.34. The van der Waals surface area contributed by atoms with E-state index >= 15 is 0 Å². The molecule has 5 heteroatoms. The Morgan fingerprint density at radius 2 is 1.87 bits per heavy atom. The molecular weight excluding hydrogens is 454 g/mol. The second-order valence-electron chi connectivity index (χ2n) is 8.35. The smallest absolute Gasteiger partial charge is 0.258 e. The summed E-state index contributed by atoms with van der Waals surface area (Å²) in [4.78, 5) is 15.3. The number of benzene rings is 3. The van der Waals surface area contributed by atoms with Gasteiger partial charge in [0.05, 0.1) is 13.7 Å². The molecule has 0 unspecified atom stereocenters. The number of carbonyl (C=O) groups excluding carboxylic acids is 1. The summed E-state index contributed by atoms with van der Waals surface area (Å²) in [6.45, 7) is 4.55. The Hall–Kier alpha value is -2.79. The number of ether oxygens (including phenoxy) is 2. The largest absolute Gasteiger partial charge is 0.492 e. The molecule has 160 valence electrons. The van der Waals surface area contributed by atoms with Crippen molar-refractivity contribution in [3.05, 3.63) is 87.9 Å². The number of anilines is 1. The molecular formula is C26H26BrNO3. The Morgan fingerprint density at radius 1 is 1.10 bits per heavy atom. The molecule has 0 saturated carbocycles. The molecule has 0 N–H and O–H groups in total. The average Bonchev–Trinajstić information content (AvgIpc) is 2.76. The van der Waals surface area contributed by atoms with Gasteiger partial charge in [0, 0.05) is 21.3 Å². The van der Waals surface area contributed by atoms with E-state index < -0.39 is 0 Å². The third-order valence-corrected chi connectivity index (χ3v) is 6.06. The van der Waals surface area contributed by atoms with Crippen LogP contribution in [0.4, 0.5) is 5.69 Å². The predicted octanol–water partition coefficient (Wildman–Crippen LogP) is 6.41. The molecule has 1 heterocycles. The lowest BCUT2D eigenvalue weighted by atomic mass is 9.93. The normalized spacial score (nSPS) is 14.3. The van der Waals surface area contributed by atoms with E-state index in [9.17, 15) is 4.79 Å². The molecule has 0 atom stereocenters. The van der Waals surface area contributed by atoms with Gasteiger partial charge >= 0.3 is 0 Å². The van der Waals surface area contributed by atoms with Crippen LogP contribution in [-0.2, 0) is 13.0 Å². The number of fused-ring (bicyclic) bond motifs is 1. The summed E-state index contributed by atoms with van der Waals surface area (Å²) >= 11 is 3.53. The van der Waals surface area contributed by atoms with Crippen LogP contribution in [0.3, 0.4) is 0 Å². The first kappa shape index (κ1) is 21.4. The molecule has 0 saturated heterocycles. The molecule has 0 radical (unpaired) electrons. The number of hydrogen-bond acceptors (Lipinski definition) is 3. The van der Waals surface area contributed by atoms with Gasteiger partial charge in [0.15, 0.2) is 11.5 Å². The summed E-state index contributed by atoms with van der Waals surface area (Å²) in [5, 5.41) is 0. The lowest BCUT2D eigenvalue weighted by Crippen LogP contribution is -2.33. The van der Waals surface area contributed by atoms with Gasteiger partial charge in [-0.3, -0.25) is 4.79 Å². The highest BCUT2D eigenvalue weighted by molar-refractivity contribution is 9.10. The number of methoxy groups -OCH3 is 1. The van der Waals surface area contributed by atoms with Crippen molar-refractivity contribution in [3.8, 4) is 11.5 Å². The molecule has 0 fully saturated rings. The van der Waals surface area contributed by atoms with Crippen molar-refractivity contribution in [2.75, 3.05) is 12.0 Å². The van der Waals surface area contributed by atoms with E-state index in [0.29, 0.717) is 17.9 Å². The minimum Gasteiger partial charge on any atom is -0.492 e. The first-order valence-corrected chi connectivity index (χ1v) is 11.2. The first-order valence-electron chi connectivity index (χ1n) is 10.4. The maximum absolute atomic E-state index is 13.5. The van der Waals surface area contributed by atoms with Crippen molar-refractivity contribution < 1.29 is 14.3 Å². The predicted molar refractivity (Wildman–Crippen MR) is 127 cm³/mol. The zero-order chi connectivity index (χ0) is 22.0. The van der Waals surface area contributed by atoms with Crippen LogP contribution in [0.5, 0.6) is 11.5 Å². The summed E-state index contributed by atoms with van der Waals surface area (Å²) in [7, 11) is 1.66. The number of halogens is 1. The van der Waals surface area contributed by atoms with Gasteiger partial charge in [0.25, 0.3) is 5.91 Å². The maximum Gasteiger partial charge on any atom is 0.258 e. The second kappa shape index (κ2) is 8.75. The van der Waals surface area contributed by atoms with E-state index in [-0.39, 0.29) is 11.5 Å². The summed E-state index contributed by atoms with van der Waals surface area (Å²) in [5.41, 5.74) is 3.25. The SMILES string of the molecule is COc1c(CN(C(=O)c2ccccc2)c2cccc(Br)c2)ccc2c1OC(C)(C)CC2. The van der Waals surface area contributed by atoms with E-state index in [1.807, 2.05) is 60.7 Å². The first-order chi connectivity index (χ1) is 14.9. The third kappa shape index (κ3) is 4.62. The van der Waals surface area contributed by atoms with Crippen molar-refractivity contribution >= 4 is 27.5 Å². The van der Waals surface area contributed by atoms with Gasteiger partial charge in [-0.05, 0) is 62.6 Å². The molecule has 0 aromatic heterocycles. The number of carbonyl (C=O) groups is 1. The van der Waals surface area contributed by atoms with Crippen LogP contribution in [0.15, 0.2) is 71.2 Å². The Labute approximate surface area is 191 Å². The highest BCUT2D eigenvalue weighted by Gasteiger charge is 2.31. The average molecular weight is 480 g/mol. The molecule has 4 rings (SSSR count). The van der Waals surface area contributed by atoms with Gasteiger partial charge in [-0.15, -0.1) is 0 Å². The van der Waals surface area contributed by atoms with Gasteiger partial charge in [0.1, 0.15) is 5.60 Å². The minimum absolute atomic E-state index is 0.0697. The fraction of sp³-hybridized carbons (Fsp3) is 0.269. The number of hydrogen-bond donors (Lipinski definition) is 0. The van der Waals surface area contributed by atoms with E-state index in [4.69, 9.17) is 9.47 Å². The van der Waals surface area contributed by atoms with Crippen LogP contribution < -0.4 is 14.4 Å². The molecule has 3 aromatic carbocycles. The molecule has 0 bridgehead atoms. The van der Waals surface area contributed by atoms with Crippen molar-refractivity contribution in [3.63, 3.8) is 0 Å². The Balaban J connectivity index is 1.76. The Morgan fingerprint density at radius 3 is 2.58 bits per heavy atom. The maximum atomic E-state index is 13.5.